The molecule has 0 heterocycles. The van der Waals surface area contributed by atoms with E-state index in [-0.39, 0.29) is 5.41 Å². The van der Waals surface area contributed by atoms with Gasteiger partial charge < -0.3 is 9.80 Å². The zero-order chi connectivity index (χ0) is 71.5. The lowest BCUT2D eigenvalue weighted by atomic mass is 9.67. The van der Waals surface area contributed by atoms with Crippen LogP contribution in [0.15, 0.2) is 370 Å². The lowest BCUT2D eigenvalue weighted by Gasteiger charge is -2.36. The van der Waals surface area contributed by atoms with Gasteiger partial charge in [0.05, 0.1) is 21.9 Å². The van der Waals surface area contributed by atoms with Crippen molar-refractivity contribution in [1.82, 2.24) is 0 Å². The molecule has 5 aliphatic rings. The zero-order valence-corrected chi connectivity index (χ0v) is 60.6. The maximum Gasteiger partial charge on any atom is 0.0726 e. The van der Waals surface area contributed by atoms with Gasteiger partial charge in [-0.1, -0.05) is 328 Å². The number of hydrogen-bond acceptors (Lipinski definition) is 2. The molecule has 2 nitrogen and oxygen atoms in total. The van der Waals surface area contributed by atoms with E-state index >= 15 is 0 Å². The molecule has 0 N–H and O–H groups in total. The Hall–Kier alpha value is -12.9. The Kier molecular flexibility index (Phi) is 13.8. The highest BCUT2D eigenvalue weighted by Gasteiger charge is 2.53. The SMILES string of the molecule is Cc1ccc2c(c1)C(c1ccccc1)(c1ccccc1)c1cc(N(c3ccc(-c4ccc(N(c5ccc6c(c5)C5(c7ccccc7-c7ccccc75)c5ccccc5-6)c5cccc6c5-c5ccccc5C6(C)C)cc4)c(C)c3)c3ccc4c(c3)C(c3ccccc3)(c3ccccc3)c3cc(C)ccc3-4)ccc1-2. The number of hydrogen-bond donors (Lipinski definition) is 0. The van der Waals surface area contributed by atoms with Crippen molar-refractivity contribution >= 4 is 34.1 Å². The van der Waals surface area contributed by atoms with Crippen LogP contribution in [-0.2, 0) is 21.7 Å². The number of rotatable bonds is 11. The average Bonchev–Trinajstić information content (AvgIpc) is 1.52. The summed E-state index contributed by atoms with van der Waals surface area (Å²) in [4.78, 5) is 5.10. The molecule has 16 aromatic carbocycles. The van der Waals surface area contributed by atoms with Gasteiger partial charge in [-0.3, -0.25) is 0 Å². The summed E-state index contributed by atoms with van der Waals surface area (Å²) in [7, 11) is 0. The molecule has 5 aliphatic carbocycles. The molecule has 0 aromatic heterocycles. The van der Waals surface area contributed by atoms with Crippen molar-refractivity contribution < 1.29 is 0 Å². The van der Waals surface area contributed by atoms with Crippen LogP contribution in [0.4, 0.5) is 34.1 Å². The van der Waals surface area contributed by atoms with Crippen LogP contribution in [-0.4, -0.2) is 0 Å². The molecular weight excluding hydrogens is 1290 g/mol. The fraction of sp³-hybridized carbons (Fsp3) is 0.0857. The van der Waals surface area contributed by atoms with Gasteiger partial charge in [-0.25, -0.2) is 0 Å². The van der Waals surface area contributed by atoms with E-state index in [4.69, 9.17) is 0 Å². The second kappa shape index (κ2) is 23.6. The Morgan fingerprint density at radius 1 is 0.206 bits per heavy atom. The summed E-state index contributed by atoms with van der Waals surface area (Å²) < 4.78 is 0. The molecule has 0 bridgehead atoms. The number of anilines is 6. The summed E-state index contributed by atoms with van der Waals surface area (Å²) in [6.07, 6.45) is 0. The largest absolute Gasteiger partial charge is 0.310 e. The third kappa shape index (κ3) is 8.76. The summed E-state index contributed by atoms with van der Waals surface area (Å²) >= 11 is 0. The maximum absolute atomic E-state index is 2.56. The molecule has 0 unspecified atom stereocenters. The summed E-state index contributed by atoms with van der Waals surface area (Å²) in [5, 5.41) is 0. The summed E-state index contributed by atoms with van der Waals surface area (Å²) in [5.41, 5.74) is 41.6. The quantitative estimate of drug-likeness (QED) is 0.127. The smallest absolute Gasteiger partial charge is 0.0726 e. The molecular formula is C105H76N2. The highest BCUT2D eigenvalue weighted by Crippen LogP contribution is 2.65. The van der Waals surface area contributed by atoms with Crippen LogP contribution in [0.5, 0.6) is 0 Å². The van der Waals surface area contributed by atoms with Gasteiger partial charge in [-0.15, -0.1) is 0 Å². The molecule has 0 atom stereocenters. The Labute approximate surface area is 627 Å². The van der Waals surface area contributed by atoms with Gasteiger partial charge in [-0.05, 0) is 232 Å². The second-order valence-corrected chi connectivity index (χ2v) is 30.7. The Bertz CT molecular complexity index is 5990. The van der Waals surface area contributed by atoms with Crippen LogP contribution in [0.3, 0.4) is 0 Å². The molecule has 2 heteroatoms. The van der Waals surface area contributed by atoms with Gasteiger partial charge in [0, 0.05) is 39.4 Å². The van der Waals surface area contributed by atoms with Crippen molar-refractivity contribution in [2.24, 2.45) is 0 Å². The molecule has 0 radical (unpaired) electrons. The van der Waals surface area contributed by atoms with E-state index in [9.17, 15) is 0 Å². The first-order chi connectivity index (χ1) is 52.6. The van der Waals surface area contributed by atoms with Crippen LogP contribution >= 0.6 is 0 Å². The lowest BCUT2D eigenvalue weighted by Crippen LogP contribution is -2.29. The van der Waals surface area contributed by atoms with Crippen molar-refractivity contribution in [3.8, 4) is 66.8 Å². The van der Waals surface area contributed by atoms with Gasteiger partial charge >= 0.3 is 0 Å². The van der Waals surface area contributed by atoms with Crippen molar-refractivity contribution in [3.63, 3.8) is 0 Å². The minimum Gasteiger partial charge on any atom is -0.310 e. The van der Waals surface area contributed by atoms with Crippen LogP contribution < -0.4 is 9.80 Å². The molecule has 1 spiro atoms. The third-order valence-corrected chi connectivity index (χ3v) is 24.9. The summed E-state index contributed by atoms with van der Waals surface area (Å²) in [6, 6.07) is 141. The van der Waals surface area contributed by atoms with E-state index in [1.165, 1.54) is 156 Å². The fourth-order valence-electron chi connectivity index (χ4n) is 20.4. The summed E-state index contributed by atoms with van der Waals surface area (Å²) in [5.74, 6) is 0. The molecule has 16 aromatic rings. The van der Waals surface area contributed by atoms with Crippen molar-refractivity contribution in [2.75, 3.05) is 9.80 Å². The van der Waals surface area contributed by atoms with Crippen molar-refractivity contribution in [2.45, 2.75) is 56.3 Å². The van der Waals surface area contributed by atoms with Gasteiger partial charge in [0.15, 0.2) is 0 Å². The number of benzene rings is 16. The van der Waals surface area contributed by atoms with E-state index in [0.717, 1.165) is 39.7 Å². The molecule has 506 valence electrons. The minimum atomic E-state index is -0.611. The lowest BCUT2D eigenvalue weighted by molar-refractivity contribution is 0.660. The van der Waals surface area contributed by atoms with E-state index in [1.54, 1.807) is 0 Å². The minimum absolute atomic E-state index is 0.196. The van der Waals surface area contributed by atoms with E-state index in [2.05, 4.69) is 414 Å². The summed E-state index contributed by atoms with van der Waals surface area (Å²) in [6.45, 7) is 11.5. The molecule has 21 rings (SSSR count). The van der Waals surface area contributed by atoms with Gasteiger partial charge in [-0.2, -0.15) is 0 Å². The number of nitrogens with zero attached hydrogens (tertiary/aromatic N) is 2. The predicted molar refractivity (Wildman–Crippen MR) is 444 cm³/mol. The number of aryl methyl sites for hydroxylation is 3. The maximum atomic E-state index is 2.56. The molecule has 107 heavy (non-hydrogen) atoms. The van der Waals surface area contributed by atoms with Gasteiger partial charge in [0.25, 0.3) is 0 Å². The van der Waals surface area contributed by atoms with Crippen LogP contribution in [0, 0.1) is 20.8 Å². The normalized spacial score (nSPS) is 14.5. The Balaban J connectivity index is 0.747. The highest BCUT2D eigenvalue weighted by atomic mass is 15.2. The molecule has 0 saturated carbocycles. The monoisotopic (exact) mass is 1360 g/mol. The second-order valence-electron chi connectivity index (χ2n) is 30.7. The first-order valence-electron chi connectivity index (χ1n) is 37.8. The van der Waals surface area contributed by atoms with E-state index < -0.39 is 16.2 Å². The van der Waals surface area contributed by atoms with Crippen molar-refractivity contribution in [3.05, 3.63) is 465 Å². The first kappa shape index (κ1) is 62.7. The Morgan fingerprint density at radius 3 is 0.953 bits per heavy atom. The van der Waals surface area contributed by atoms with Gasteiger partial charge in [0.2, 0.25) is 0 Å². The molecule has 0 aliphatic heterocycles. The Morgan fingerprint density at radius 2 is 0.523 bits per heavy atom. The van der Waals surface area contributed by atoms with Crippen LogP contribution in [0.2, 0.25) is 0 Å². The van der Waals surface area contributed by atoms with Crippen molar-refractivity contribution in [1.29, 1.82) is 0 Å². The molecule has 0 fully saturated rings. The van der Waals surface area contributed by atoms with E-state index in [0.29, 0.717) is 0 Å². The fourth-order valence-corrected chi connectivity index (χ4v) is 20.4. The third-order valence-electron chi connectivity index (χ3n) is 24.9. The van der Waals surface area contributed by atoms with E-state index in [1.807, 2.05) is 0 Å². The topological polar surface area (TPSA) is 6.48 Å². The van der Waals surface area contributed by atoms with Crippen LogP contribution in [0.25, 0.3) is 66.8 Å². The van der Waals surface area contributed by atoms with Gasteiger partial charge in [0.1, 0.15) is 0 Å². The zero-order valence-electron chi connectivity index (χ0n) is 60.6. The predicted octanol–water partition coefficient (Wildman–Crippen LogP) is 26.6. The number of fused-ring (bicyclic) bond motifs is 19. The standard InChI is InChI=1S/C105H76N2/c1-67-45-55-84-87-58-52-77(64-97(87)103(95(84)61-67,71-27-10-6-11-28-71)72-29-12-7-13-30-72)106(78-53-59-88-85-56-46-68(2)62-96(85)104(98(88)65-78,73-31-14-8-15-32-73)74-33-16-9-17-34-74)76-51-57-80(69(3)63-76)70-47-49-75(50-48-70)107(100-44-26-43-94-101(100)89-38-21-22-39-90(89)102(94,4)5)79-54-60-86-83-37-20-25-42-93(83)105(99(86)66-79)91-40-23-18-35-81(91)82-36-19-24-41-92(82)105/h6-66H,1-5H3. The molecule has 0 saturated heterocycles. The average molecular weight is 1370 g/mol. The highest BCUT2D eigenvalue weighted by molar-refractivity contribution is 6.00. The molecule has 0 amide bonds. The first-order valence-corrected chi connectivity index (χ1v) is 37.8. The van der Waals surface area contributed by atoms with Crippen LogP contribution in [0.1, 0.15) is 108 Å².